The standard InChI is InChI=1S/C9H9F5N2/c1-6-5-7(9(12,13)14)16(15-6)4-2-3-8(10)11/h3,5H,2,4H2,1H3. The van der Waals surface area contributed by atoms with E-state index in [9.17, 15) is 22.0 Å². The molecule has 0 N–H and O–H groups in total. The second kappa shape index (κ2) is 4.63. The number of nitrogens with zero attached hydrogens (tertiary/aromatic N) is 2. The van der Waals surface area contributed by atoms with Crippen LogP contribution in [0, 0.1) is 6.92 Å². The van der Waals surface area contributed by atoms with Crippen molar-refractivity contribution in [3.63, 3.8) is 0 Å². The zero-order valence-corrected chi connectivity index (χ0v) is 8.35. The second-order valence-corrected chi connectivity index (χ2v) is 3.17. The molecule has 0 aliphatic rings. The molecule has 0 radical (unpaired) electrons. The van der Waals surface area contributed by atoms with Crippen LogP contribution in [-0.4, -0.2) is 9.78 Å². The molecule has 16 heavy (non-hydrogen) atoms. The third-order valence-corrected chi connectivity index (χ3v) is 1.83. The summed E-state index contributed by atoms with van der Waals surface area (Å²) < 4.78 is 61.3. The molecule has 1 aromatic heterocycles. The zero-order valence-electron chi connectivity index (χ0n) is 8.35. The van der Waals surface area contributed by atoms with Crippen LogP contribution in [0.2, 0.25) is 0 Å². The van der Waals surface area contributed by atoms with Crippen molar-refractivity contribution in [1.29, 1.82) is 0 Å². The summed E-state index contributed by atoms with van der Waals surface area (Å²) in [7, 11) is 0. The van der Waals surface area contributed by atoms with Crippen LogP contribution < -0.4 is 0 Å². The Labute approximate surface area is 88.4 Å². The maximum Gasteiger partial charge on any atom is 0.433 e. The molecule has 7 heteroatoms. The monoisotopic (exact) mass is 240 g/mol. The molecule has 0 unspecified atom stereocenters. The molecule has 2 nitrogen and oxygen atoms in total. The van der Waals surface area contributed by atoms with E-state index in [2.05, 4.69) is 5.10 Å². The Kier molecular flexibility index (Phi) is 3.66. The van der Waals surface area contributed by atoms with Gasteiger partial charge >= 0.3 is 6.18 Å². The van der Waals surface area contributed by atoms with Crippen LogP contribution in [0.15, 0.2) is 18.2 Å². The summed E-state index contributed by atoms with van der Waals surface area (Å²) in [5, 5.41) is 3.60. The van der Waals surface area contributed by atoms with Crippen LogP contribution in [0.4, 0.5) is 22.0 Å². The molecule has 0 saturated carbocycles. The van der Waals surface area contributed by atoms with Crippen molar-refractivity contribution in [1.82, 2.24) is 9.78 Å². The predicted molar refractivity (Wildman–Crippen MR) is 46.9 cm³/mol. The van der Waals surface area contributed by atoms with E-state index >= 15 is 0 Å². The van der Waals surface area contributed by atoms with Gasteiger partial charge in [-0.2, -0.15) is 27.1 Å². The van der Waals surface area contributed by atoms with Gasteiger partial charge in [0.15, 0.2) is 0 Å². The third kappa shape index (κ3) is 3.32. The molecule has 0 amide bonds. The van der Waals surface area contributed by atoms with E-state index in [0.717, 1.165) is 6.07 Å². The fraction of sp³-hybridized carbons (Fsp3) is 0.444. The van der Waals surface area contributed by atoms with Crippen molar-refractivity contribution in [3.8, 4) is 0 Å². The lowest BCUT2D eigenvalue weighted by Gasteiger charge is -2.08. The number of hydrogen-bond acceptors (Lipinski definition) is 1. The van der Waals surface area contributed by atoms with Crippen molar-refractivity contribution >= 4 is 0 Å². The van der Waals surface area contributed by atoms with Gasteiger partial charge in [-0.25, -0.2) is 0 Å². The normalized spacial score (nSPS) is 11.6. The van der Waals surface area contributed by atoms with Crippen molar-refractivity contribution in [2.75, 3.05) is 0 Å². The highest BCUT2D eigenvalue weighted by molar-refractivity contribution is 5.12. The predicted octanol–water partition coefficient (Wildman–Crippen LogP) is 3.38. The van der Waals surface area contributed by atoms with Crippen molar-refractivity contribution < 1.29 is 22.0 Å². The van der Waals surface area contributed by atoms with Gasteiger partial charge in [-0.15, -0.1) is 0 Å². The van der Waals surface area contributed by atoms with E-state index in [1.807, 2.05) is 0 Å². The van der Waals surface area contributed by atoms with Gasteiger partial charge in [-0.1, -0.05) is 0 Å². The SMILES string of the molecule is Cc1cc(C(F)(F)F)n(CCC=C(F)F)n1. The minimum absolute atomic E-state index is 0.188. The molecule has 0 saturated heterocycles. The average molecular weight is 240 g/mol. The van der Waals surface area contributed by atoms with Gasteiger partial charge in [-0.05, 0) is 25.5 Å². The van der Waals surface area contributed by atoms with Gasteiger partial charge < -0.3 is 0 Å². The molecule has 0 aliphatic carbocycles. The number of aromatic nitrogens is 2. The van der Waals surface area contributed by atoms with Crippen LogP contribution in [0.1, 0.15) is 17.8 Å². The van der Waals surface area contributed by atoms with E-state index in [1.54, 1.807) is 0 Å². The summed E-state index contributed by atoms with van der Waals surface area (Å²) in [5.41, 5.74) is -0.713. The van der Waals surface area contributed by atoms with Crippen LogP contribution in [0.25, 0.3) is 0 Å². The zero-order chi connectivity index (χ0) is 12.3. The Bertz CT molecular complexity index is 387. The number of rotatable bonds is 3. The quantitative estimate of drug-likeness (QED) is 0.740. The summed E-state index contributed by atoms with van der Waals surface area (Å²) in [6.07, 6.45) is -6.04. The van der Waals surface area contributed by atoms with Crippen molar-refractivity contribution in [3.05, 3.63) is 29.6 Å². The highest BCUT2D eigenvalue weighted by Gasteiger charge is 2.35. The van der Waals surface area contributed by atoms with Crippen molar-refractivity contribution in [2.24, 2.45) is 0 Å². The minimum Gasteiger partial charge on any atom is -0.260 e. The number of halogens is 5. The maximum absolute atomic E-state index is 12.4. The molecule has 0 aromatic carbocycles. The van der Waals surface area contributed by atoms with Gasteiger partial charge in [0.25, 0.3) is 6.08 Å². The van der Waals surface area contributed by atoms with Crippen molar-refractivity contribution in [2.45, 2.75) is 26.1 Å². The Morgan fingerprint density at radius 3 is 2.56 bits per heavy atom. The Hall–Kier alpha value is -1.40. The molecule has 1 rings (SSSR count). The molecule has 90 valence electrons. The van der Waals surface area contributed by atoms with Crippen LogP contribution in [0.3, 0.4) is 0 Å². The molecule has 0 atom stereocenters. The molecule has 0 spiro atoms. The summed E-state index contributed by atoms with van der Waals surface area (Å²) >= 11 is 0. The van der Waals surface area contributed by atoms with Gasteiger partial charge in [0.05, 0.1) is 5.69 Å². The average Bonchev–Trinajstić information content (AvgIpc) is 2.45. The lowest BCUT2D eigenvalue weighted by molar-refractivity contribution is -0.144. The van der Waals surface area contributed by atoms with E-state index in [1.165, 1.54) is 6.92 Å². The van der Waals surface area contributed by atoms with E-state index in [-0.39, 0.29) is 18.7 Å². The number of alkyl halides is 3. The molecule has 0 aliphatic heterocycles. The number of hydrogen-bond donors (Lipinski definition) is 0. The topological polar surface area (TPSA) is 17.8 Å². The summed E-state index contributed by atoms with van der Waals surface area (Å²) in [4.78, 5) is 0. The van der Waals surface area contributed by atoms with Crippen LogP contribution >= 0.6 is 0 Å². The first-order valence-electron chi connectivity index (χ1n) is 4.43. The lowest BCUT2D eigenvalue weighted by atomic mass is 10.3. The van der Waals surface area contributed by atoms with Gasteiger partial charge in [0, 0.05) is 6.54 Å². The highest BCUT2D eigenvalue weighted by atomic mass is 19.4. The highest BCUT2D eigenvalue weighted by Crippen LogP contribution is 2.29. The minimum atomic E-state index is -4.51. The Morgan fingerprint density at radius 2 is 2.06 bits per heavy atom. The van der Waals surface area contributed by atoms with Gasteiger partial charge in [0.2, 0.25) is 0 Å². The second-order valence-electron chi connectivity index (χ2n) is 3.17. The van der Waals surface area contributed by atoms with Crippen LogP contribution in [-0.2, 0) is 12.7 Å². The number of allylic oxidation sites excluding steroid dienone is 1. The van der Waals surface area contributed by atoms with Gasteiger partial charge in [0.1, 0.15) is 5.69 Å². The smallest absolute Gasteiger partial charge is 0.260 e. The molecular formula is C9H9F5N2. The summed E-state index contributed by atoms with van der Waals surface area (Å²) in [5.74, 6) is 0. The molecular weight excluding hydrogens is 231 g/mol. The molecule has 1 heterocycles. The molecule has 1 aromatic rings. The molecule has 0 fully saturated rings. The van der Waals surface area contributed by atoms with E-state index in [4.69, 9.17) is 0 Å². The Balaban J connectivity index is 2.84. The first kappa shape index (κ1) is 12.7. The maximum atomic E-state index is 12.4. The van der Waals surface area contributed by atoms with E-state index in [0.29, 0.717) is 10.8 Å². The van der Waals surface area contributed by atoms with Gasteiger partial charge in [-0.3, -0.25) is 4.68 Å². The largest absolute Gasteiger partial charge is 0.433 e. The summed E-state index contributed by atoms with van der Waals surface area (Å²) in [6.45, 7) is 1.19. The molecule has 0 bridgehead atoms. The third-order valence-electron chi connectivity index (χ3n) is 1.83. The fourth-order valence-corrected chi connectivity index (χ4v) is 1.24. The lowest BCUT2D eigenvalue weighted by Crippen LogP contribution is -2.14. The first-order chi connectivity index (χ1) is 7.30. The fourth-order valence-electron chi connectivity index (χ4n) is 1.24. The first-order valence-corrected chi connectivity index (χ1v) is 4.43. The number of aryl methyl sites for hydroxylation is 2. The Morgan fingerprint density at radius 1 is 1.44 bits per heavy atom. The van der Waals surface area contributed by atoms with Crippen LogP contribution in [0.5, 0.6) is 0 Å². The van der Waals surface area contributed by atoms with E-state index < -0.39 is 18.0 Å². The summed E-state index contributed by atoms with van der Waals surface area (Å²) in [6, 6.07) is 0.884.